The topological polar surface area (TPSA) is 96.9 Å². The molecule has 1 rings (SSSR count). The molecule has 0 radical (unpaired) electrons. The minimum absolute atomic E-state index is 0.541. The lowest BCUT2D eigenvalue weighted by atomic mass is 10.2. The second kappa shape index (κ2) is 7.22. The van der Waals surface area contributed by atoms with Gasteiger partial charge in [-0.1, -0.05) is 12.1 Å². The van der Waals surface area contributed by atoms with Crippen molar-refractivity contribution in [1.29, 1.82) is 0 Å². The Morgan fingerprint density at radius 1 is 1.32 bits per heavy atom. The zero-order chi connectivity index (χ0) is 14.4. The minimum atomic E-state index is 0.541. The Kier molecular flexibility index (Phi) is 5.94. The van der Waals surface area contributed by atoms with Gasteiger partial charge in [0.25, 0.3) is 0 Å². The maximum absolute atomic E-state index is 6.02. The Morgan fingerprint density at radius 2 is 2.00 bits per heavy atom. The summed E-state index contributed by atoms with van der Waals surface area (Å²) < 4.78 is 0. The average molecular weight is 282 g/mol. The van der Waals surface area contributed by atoms with Gasteiger partial charge in [0.2, 0.25) is 5.17 Å². The molecule has 0 amide bonds. The Labute approximate surface area is 118 Å². The fourth-order valence-electron chi connectivity index (χ4n) is 1.40. The summed E-state index contributed by atoms with van der Waals surface area (Å²) in [4.78, 5) is 2.95. The van der Waals surface area contributed by atoms with E-state index in [1.807, 2.05) is 44.1 Å². The van der Waals surface area contributed by atoms with Crippen LogP contribution in [0.25, 0.3) is 0 Å². The number of anilines is 1. The molecule has 0 unspecified atom stereocenters. The van der Waals surface area contributed by atoms with Crippen molar-refractivity contribution in [2.75, 3.05) is 32.9 Å². The number of hydrazone groups is 1. The molecule has 0 atom stereocenters. The Bertz CT molecular complexity index is 446. The zero-order valence-electron chi connectivity index (χ0n) is 11.6. The van der Waals surface area contributed by atoms with Gasteiger partial charge in [-0.25, -0.2) is 5.84 Å². The standard InChI is InChI=1S/C12H22N6S/c1-9-5-4-6-10(11(9)13)19-12(16-14)18(15)8-7-17(2)3/h4-6H,7-8,13-15H2,1-3H3/b16-12+. The lowest BCUT2D eigenvalue weighted by Gasteiger charge is -2.21. The second-order valence-corrected chi connectivity index (χ2v) is 5.51. The number of likely N-dealkylation sites (N-methyl/N-ethyl adjacent to an activating group) is 1. The fourth-order valence-corrected chi connectivity index (χ4v) is 2.28. The van der Waals surface area contributed by atoms with Gasteiger partial charge < -0.3 is 16.5 Å². The number of benzene rings is 1. The first kappa shape index (κ1) is 15.6. The average Bonchev–Trinajstić information content (AvgIpc) is 2.37. The zero-order valence-corrected chi connectivity index (χ0v) is 12.4. The highest BCUT2D eigenvalue weighted by molar-refractivity contribution is 8.13. The van der Waals surface area contributed by atoms with Crippen LogP contribution in [0, 0.1) is 6.92 Å². The molecule has 0 saturated heterocycles. The number of hydrogen-bond donors (Lipinski definition) is 3. The molecule has 0 saturated carbocycles. The summed E-state index contributed by atoms with van der Waals surface area (Å²) >= 11 is 1.37. The first-order valence-electron chi connectivity index (χ1n) is 5.93. The molecule has 7 heteroatoms. The SMILES string of the molecule is Cc1cccc(S/C(=N/N)N(N)CCN(C)C)c1N. The van der Waals surface area contributed by atoms with E-state index in [-0.39, 0.29) is 0 Å². The molecule has 0 spiro atoms. The van der Waals surface area contributed by atoms with Gasteiger partial charge in [0.1, 0.15) is 0 Å². The van der Waals surface area contributed by atoms with Crippen molar-refractivity contribution in [3.8, 4) is 0 Å². The van der Waals surface area contributed by atoms with Gasteiger partial charge in [0.15, 0.2) is 0 Å². The van der Waals surface area contributed by atoms with Crippen LogP contribution in [0.1, 0.15) is 5.56 Å². The number of amidine groups is 1. The number of para-hydroxylation sites is 1. The van der Waals surface area contributed by atoms with Crippen molar-refractivity contribution in [2.45, 2.75) is 11.8 Å². The third kappa shape index (κ3) is 4.62. The van der Waals surface area contributed by atoms with Crippen LogP contribution in [0.4, 0.5) is 5.69 Å². The second-order valence-electron chi connectivity index (χ2n) is 4.50. The quantitative estimate of drug-likeness (QED) is 0.187. The molecule has 0 aliphatic carbocycles. The first-order valence-corrected chi connectivity index (χ1v) is 6.75. The van der Waals surface area contributed by atoms with Crippen molar-refractivity contribution in [2.24, 2.45) is 16.8 Å². The fraction of sp³-hybridized carbons (Fsp3) is 0.417. The van der Waals surface area contributed by atoms with E-state index in [0.29, 0.717) is 11.7 Å². The lowest BCUT2D eigenvalue weighted by Crippen LogP contribution is -2.40. The monoisotopic (exact) mass is 282 g/mol. The van der Waals surface area contributed by atoms with Crippen molar-refractivity contribution in [3.05, 3.63) is 23.8 Å². The summed E-state index contributed by atoms with van der Waals surface area (Å²) in [5, 5.41) is 5.81. The summed E-state index contributed by atoms with van der Waals surface area (Å²) in [6, 6.07) is 5.84. The third-order valence-corrected chi connectivity index (χ3v) is 3.73. The van der Waals surface area contributed by atoms with E-state index in [2.05, 4.69) is 5.10 Å². The van der Waals surface area contributed by atoms with Gasteiger partial charge in [-0.05, 0) is 44.4 Å². The first-order chi connectivity index (χ1) is 8.95. The van der Waals surface area contributed by atoms with E-state index in [1.54, 1.807) is 0 Å². The highest BCUT2D eigenvalue weighted by Gasteiger charge is 2.12. The third-order valence-electron chi connectivity index (χ3n) is 2.63. The minimum Gasteiger partial charge on any atom is -0.398 e. The van der Waals surface area contributed by atoms with Crippen LogP contribution in [-0.4, -0.2) is 42.3 Å². The van der Waals surface area contributed by atoms with Gasteiger partial charge >= 0.3 is 0 Å². The molecule has 0 aliphatic heterocycles. The number of thioether (sulfide) groups is 1. The molecule has 6 N–H and O–H groups in total. The van der Waals surface area contributed by atoms with Gasteiger partial charge in [-0.2, -0.15) is 5.10 Å². The molecule has 0 bridgehead atoms. The normalized spacial score (nSPS) is 11.9. The molecule has 0 aromatic heterocycles. The molecule has 0 fully saturated rings. The Morgan fingerprint density at radius 3 is 2.58 bits per heavy atom. The highest BCUT2D eigenvalue weighted by Crippen LogP contribution is 2.28. The van der Waals surface area contributed by atoms with E-state index in [4.69, 9.17) is 17.4 Å². The molecule has 19 heavy (non-hydrogen) atoms. The number of aryl methyl sites for hydroxylation is 1. The predicted octanol–water partition coefficient (Wildman–Crippen LogP) is 0.636. The van der Waals surface area contributed by atoms with E-state index >= 15 is 0 Å². The smallest absolute Gasteiger partial charge is 0.201 e. The molecule has 0 heterocycles. The summed E-state index contributed by atoms with van der Waals surface area (Å²) in [6.45, 7) is 3.42. The van der Waals surface area contributed by atoms with Crippen LogP contribution in [0.15, 0.2) is 28.2 Å². The van der Waals surface area contributed by atoms with Crippen LogP contribution in [0.2, 0.25) is 0 Å². The van der Waals surface area contributed by atoms with E-state index in [9.17, 15) is 0 Å². The van der Waals surface area contributed by atoms with E-state index < -0.39 is 0 Å². The molecular weight excluding hydrogens is 260 g/mol. The molecule has 6 nitrogen and oxygen atoms in total. The van der Waals surface area contributed by atoms with Crippen LogP contribution >= 0.6 is 11.8 Å². The van der Waals surface area contributed by atoms with E-state index in [1.165, 1.54) is 16.8 Å². The van der Waals surface area contributed by atoms with Crippen LogP contribution in [0.3, 0.4) is 0 Å². The molecule has 106 valence electrons. The molecular formula is C12H22N6S. The van der Waals surface area contributed by atoms with Gasteiger partial charge in [-0.3, -0.25) is 5.01 Å². The predicted molar refractivity (Wildman–Crippen MR) is 82.5 cm³/mol. The lowest BCUT2D eigenvalue weighted by molar-refractivity contribution is 0.338. The summed E-state index contributed by atoms with van der Waals surface area (Å²) in [6.07, 6.45) is 0. The number of nitrogens with two attached hydrogens (primary N) is 3. The summed E-state index contributed by atoms with van der Waals surface area (Å²) in [7, 11) is 3.97. The van der Waals surface area contributed by atoms with Crippen molar-refractivity contribution < 1.29 is 0 Å². The van der Waals surface area contributed by atoms with Gasteiger partial charge in [0.05, 0.1) is 0 Å². The van der Waals surface area contributed by atoms with Crippen molar-refractivity contribution >= 4 is 22.6 Å². The maximum atomic E-state index is 6.02. The summed E-state index contributed by atoms with van der Waals surface area (Å²) in [5.74, 6) is 11.4. The largest absolute Gasteiger partial charge is 0.398 e. The Balaban J connectivity index is 2.74. The van der Waals surface area contributed by atoms with Crippen LogP contribution in [-0.2, 0) is 0 Å². The van der Waals surface area contributed by atoms with Gasteiger partial charge in [-0.15, -0.1) is 0 Å². The maximum Gasteiger partial charge on any atom is 0.201 e. The number of nitrogens with zero attached hydrogens (tertiary/aromatic N) is 3. The van der Waals surface area contributed by atoms with Crippen LogP contribution < -0.4 is 17.4 Å². The van der Waals surface area contributed by atoms with Crippen molar-refractivity contribution in [3.63, 3.8) is 0 Å². The Hall–Kier alpha value is -1.44. The van der Waals surface area contributed by atoms with E-state index in [0.717, 1.165) is 22.7 Å². The number of hydrazine groups is 1. The molecule has 0 aliphatic rings. The number of hydrogen-bond acceptors (Lipinski definition) is 6. The van der Waals surface area contributed by atoms with Crippen LogP contribution in [0.5, 0.6) is 0 Å². The summed E-state index contributed by atoms with van der Waals surface area (Å²) in [5.41, 5.74) is 7.78. The molecule has 1 aromatic rings. The number of nitrogen functional groups attached to an aromatic ring is 1. The molecule has 1 aromatic carbocycles. The van der Waals surface area contributed by atoms with Crippen molar-refractivity contribution in [1.82, 2.24) is 9.91 Å². The highest BCUT2D eigenvalue weighted by atomic mass is 32.2. The van der Waals surface area contributed by atoms with Gasteiger partial charge in [0, 0.05) is 23.7 Å². The number of rotatable bonds is 4.